The number of carbonyl (C=O) groups is 2. The number of carboxylic acid groups (broad SMARTS) is 1. The number of alkyl halides is 6. The summed E-state index contributed by atoms with van der Waals surface area (Å²) >= 11 is 0. The molecule has 0 aliphatic rings. The molecule has 1 unspecified atom stereocenters. The van der Waals surface area contributed by atoms with Gasteiger partial charge in [0.25, 0.3) is 0 Å². The summed E-state index contributed by atoms with van der Waals surface area (Å²) in [5.41, 5.74) is -3.43. The van der Waals surface area contributed by atoms with Crippen molar-refractivity contribution in [2.75, 3.05) is 13.1 Å². The summed E-state index contributed by atoms with van der Waals surface area (Å²) in [7, 11) is 0. The SMILES string of the molecule is CC(NCC(=O)NCC(F)(F)F)(C(=O)O)C(F)(F)F. The Morgan fingerprint density at radius 2 is 1.58 bits per heavy atom. The normalized spacial score (nSPS) is 15.7. The van der Waals surface area contributed by atoms with E-state index >= 15 is 0 Å². The van der Waals surface area contributed by atoms with Crippen molar-refractivity contribution in [1.29, 1.82) is 0 Å². The van der Waals surface area contributed by atoms with Crippen LogP contribution in [0.5, 0.6) is 0 Å². The van der Waals surface area contributed by atoms with Crippen molar-refractivity contribution in [3.63, 3.8) is 0 Å². The second-order valence-electron chi connectivity index (χ2n) is 3.67. The first-order chi connectivity index (χ1) is 8.29. The second kappa shape index (κ2) is 5.63. The van der Waals surface area contributed by atoms with Crippen LogP contribution in [0.25, 0.3) is 0 Å². The topological polar surface area (TPSA) is 78.4 Å². The predicted octanol–water partition coefficient (Wildman–Crippen LogP) is 0.660. The van der Waals surface area contributed by atoms with Crippen molar-refractivity contribution in [3.8, 4) is 0 Å². The van der Waals surface area contributed by atoms with E-state index in [1.165, 1.54) is 10.6 Å². The van der Waals surface area contributed by atoms with Crippen molar-refractivity contribution in [3.05, 3.63) is 0 Å². The Bertz CT molecular complexity index is 353. The van der Waals surface area contributed by atoms with Crippen LogP contribution in [0.2, 0.25) is 0 Å². The Morgan fingerprint density at radius 3 is 1.89 bits per heavy atom. The largest absolute Gasteiger partial charge is 0.480 e. The molecule has 0 rings (SSSR count). The van der Waals surface area contributed by atoms with Crippen molar-refractivity contribution >= 4 is 11.9 Å². The van der Waals surface area contributed by atoms with Crippen LogP contribution in [0.4, 0.5) is 26.3 Å². The summed E-state index contributed by atoms with van der Waals surface area (Å²) in [6.07, 6.45) is -9.93. The third-order valence-corrected chi connectivity index (χ3v) is 2.08. The van der Waals surface area contributed by atoms with E-state index in [0.717, 1.165) is 0 Å². The number of hydrogen-bond acceptors (Lipinski definition) is 3. The average molecular weight is 296 g/mol. The summed E-state index contributed by atoms with van der Waals surface area (Å²) < 4.78 is 72.4. The number of halogens is 6. The van der Waals surface area contributed by atoms with Gasteiger partial charge >= 0.3 is 18.3 Å². The fourth-order valence-electron chi connectivity index (χ4n) is 0.815. The summed E-state index contributed by atoms with van der Waals surface area (Å²) in [6.45, 7) is -2.69. The maximum absolute atomic E-state index is 12.4. The van der Waals surface area contributed by atoms with Crippen LogP contribution in [0.3, 0.4) is 0 Å². The van der Waals surface area contributed by atoms with E-state index in [-0.39, 0.29) is 6.92 Å². The molecule has 0 spiro atoms. The van der Waals surface area contributed by atoms with Crippen LogP contribution in [-0.2, 0) is 9.59 Å². The van der Waals surface area contributed by atoms with E-state index in [0.29, 0.717) is 0 Å². The summed E-state index contributed by atoms with van der Waals surface area (Å²) in [5.74, 6) is -3.71. The molecule has 0 aromatic rings. The number of carboxylic acids is 1. The first-order valence-corrected chi connectivity index (χ1v) is 4.68. The molecular weight excluding hydrogens is 286 g/mol. The Hall–Kier alpha value is -1.52. The van der Waals surface area contributed by atoms with E-state index < -0.39 is 42.9 Å². The highest BCUT2D eigenvalue weighted by molar-refractivity contribution is 5.82. The number of carbonyl (C=O) groups excluding carboxylic acids is 1. The van der Waals surface area contributed by atoms with Gasteiger partial charge in [0.05, 0.1) is 6.54 Å². The van der Waals surface area contributed by atoms with Crippen LogP contribution in [0, 0.1) is 0 Å². The van der Waals surface area contributed by atoms with Crippen molar-refractivity contribution in [1.82, 2.24) is 10.6 Å². The molecule has 0 saturated heterocycles. The first-order valence-electron chi connectivity index (χ1n) is 4.68. The molecule has 0 bridgehead atoms. The molecule has 11 heteroatoms. The van der Waals surface area contributed by atoms with Crippen LogP contribution in [0.1, 0.15) is 6.92 Å². The van der Waals surface area contributed by atoms with Crippen molar-refractivity contribution in [2.45, 2.75) is 24.8 Å². The fourth-order valence-corrected chi connectivity index (χ4v) is 0.815. The quantitative estimate of drug-likeness (QED) is 0.651. The molecule has 0 fully saturated rings. The fraction of sp³-hybridized carbons (Fsp3) is 0.750. The molecule has 0 radical (unpaired) electrons. The van der Waals surface area contributed by atoms with E-state index in [9.17, 15) is 35.9 Å². The second-order valence-corrected chi connectivity index (χ2v) is 3.67. The number of rotatable bonds is 5. The monoisotopic (exact) mass is 296 g/mol. The van der Waals surface area contributed by atoms with Gasteiger partial charge in [-0.15, -0.1) is 0 Å². The first kappa shape index (κ1) is 17.5. The van der Waals surface area contributed by atoms with E-state index in [1.54, 1.807) is 0 Å². The van der Waals surface area contributed by atoms with Gasteiger partial charge in [-0.3, -0.25) is 10.1 Å². The Labute approximate surface area is 103 Å². The Morgan fingerprint density at radius 1 is 1.11 bits per heavy atom. The summed E-state index contributed by atoms with van der Waals surface area (Å²) in [5, 5.41) is 11.1. The maximum Gasteiger partial charge on any atom is 0.417 e. The molecule has 0 aromatic heterocycles. The van der Waals surface area contributed by atoms with E-state index in [4.69, 9.17) is 5.11 Å². The van der Waals surface area contributed by atoms with E-state index in [2.05, 4.69) is 0 Å². The molecule has 0 aromatic carbocycles. The third kappa shape index (κ3) is 5.32. The number of nitrogens with one attached hydrogen (secondary N) is 2. The predicted molar refractivity (Wildman–Crippen MR) is 49.2 cm³/mol. The highest BCUT2D eigenvalue weighted by Crippen LogP contribution is 2.30. The van der Waals surface area contributed by atoms with Crippen molar-refractivity contribution in [2.24, 2.45) is 0 Å². The van der Waals surface area contributed by atoms with Crippen LogP contribution in [0.15, 0.2) is 0 Å². The summed E-state index contributed by atoms with van der Waals surface area (Å²) in [6, 6.07) is 0. The van der Waals surface area contributed by atoms with Gasteiger partial charge in [-0.25, -0.2) is 4.79 Å². The van der Waals surface area contributed by atoms with Crippen LogP contribution in [-0.4, -0.2) is 48.0 Å². The standard InChI is InChI=1S/C8H10F6N2O3/c1-6(5(18)19,8(12,13)14)16-2-4(17)15-3-7(9,10)11/h16H,2-3H2,1H3,(H,15,17)(H,18,19). The molecule has 5 nitrogen and oxygen atoms in total. The molecule has 1 amide bonds. The highest BCUT2D eigenvalue weighted by atomic mass is 19.4. The molecule has 0 aliphatic carbocycles. The lowest BCUT2D eigenvalue weighted by Crippen LogP contribution is -2.62. The zero-order valence-corrected chi connectivity index (χ0v) is 9.45. The minimum atomic E-state index is -5.22. The number of aliphatic carboxylic acids is 1. The van der Waals surface area contributed by atoms with Crippen LogP contribution < -0.4 is 10.6 Å². The molecular formula is C8H10F6N2O3. The molecule has 0 aliphatic heterocycles. The van der Waals surface area contributed by atoms with Gasteiger partial charge < -0.3 is 10.4 Å². The lowest BCUT2D eigenvalue weighted by Gasteiger charge is -2.28. The number of amides is 1. The van der Waals surface area contributed by atoms with Gasteiger partial charge in [0, 0.05) is 0 Å². The average Bonchev–Trinajstić information content (AvgIpc) is 2.19. The lowest BCUT2D eigenvalue weighted by atomic mass is 10.0. The Kier molecular flexibility index (Phi) is 5.18. The van der Waals surface area contributed by atoms with Gasteiger partial charge in [-0.1, -0.05) is 0 Å². The molecule has 3 N–H and O–H groups in total. The molecule has 112 valence electrons. The zero-order valence-electron chi connectivity index (χ0n) is 9.45. The number of hydrogen-bond donors (Lipinski definition) is 3. The third-order valence-electron chi connectivity index (χ3n) is 2.08. The summed E-state index contributed by atoms with van der Waals surface area (Å²) in [4.78, 5) is 21.4. The highest BCUT2D eigenvalue weighted by Gasteiger charge is 2.57. The zero-order chi connectivity index (χ0) is 15.5. The molecule has 19 heavy (non-hydrogen) atoms. The van der Waals surface area contributed by atoms with Gasteiger partial charge in [0.1, 0.15) is 6.54 Å². The Balaban J connectivity index is 4.52. The van der Waals surface area contributed by atoms with Crippen molar-refractivity contribution < 1.29 is 41.0 Å². The molecule has 1 atom stereocenters. The minimum absolute atomic E-state index is 0.256. The lowest BCUT2D eigenvalue weighted by molar-refractivity contribution is -0.205. The molecule has 0 saturated carbocycles. The smallest absolute Gasteiger partial charge is 0.417 e. The van der Waals surface area contributed by atoms with E-state index in [1.807, 2.05) is 0 Å². The molecule has 0 heterocycles. The van der Waals surface area contributed by atoms with Gasteiger partial charge in [0.2, 0.25) is 11.4 Å². The van der Waals surface area contributed by atoms with Crippen LogP contribution >= 0.6 is 0 Å². The van der Waals surface area contributed by atoms with Gasteiger partial charge in [-0.05, 0) is 6.92 Å². The van der Waals surface area contributed by atoms with Gasteiger partial charge in [-0.2, -0.15) is 26.3 Å². The maximum atomic E-state index is 12.4. The minimum Gasteiger partial charge on any atom is -0.480 e. The van der Waals surface area contributed by atoms with Gasteiger partial charge in [0.15, 0.2) is 0 Å².